The molecule has 1 aromatic rings. The smallest absolute Gasteiger partial charge is 0.142 e. The predicted molar refractivity (Wildman–Crippen MR) is 84.9 cm³/mol. The second kappa shape index (κ2) is 8.39. The summed E-state index contributed by atoms with van der Waals surface area (Å²) in [5.41, 5.74) is 9.41. The topological polar surface area (TPSA) is 64.5 Å². The van der Waals surface area contributed by atoms with Gasteiger partial charge in [-0.15, -0.1) is 0 Å². The Hall–Kier alpha value is -1.91. The summed E-state index contributed by atoms with van der Waals surface area (Å²) in [6.45, 7) is 5.88. The van der Waals surface area contributed by atoms with Crippen molar-refractivity contribution in [2.24, 2.45) is 5.11 Å². The molecule has 1 aliphatic rings. The first-order chi connectivity index (χ1) is 10.3. The van der Waals surface area contributed by atoms with Gasteiger partial charge in [0.1, 0.15) is 5.75 Å². The maximum absolute atomic E-state index is 8.23. The number of unbranched alkanes of at least 4 members (excludes halogenated alkanes) is 1. The van der Waals surface area contributed by atoms with Crippen molar-refractivity contribution in [1.82, 2.24) is 4.90 Å². The number of ether oxygens (including phenoxy) is 1. The molecule has 0 atom stereocenters. The Morgan fingerprint density at radius 2 is 1.95 bits per heavy atom. The first kappa shape index (κ1) is 15.5. The Morgan fingerprint density at radius 1 is 1.19 bits per heavy atom. The van der Waals surface area contributed by atoms with E-state index >= 15 is 0 Å². The van der Waals surface area contributed by atoms with E-state index < -0.39 is 0 Å². The van der Waals surface area contributed by atoms with E-state index in [9.17, 15) is 0 Å². The van der Waals surface area contributed by atoms with Crippen molar-refractivity contribution < 1.29 is 4.74 Å². The van der Waals surface area contributed by atoms with Crippen LogP contribution in [0.4, 0.5) is 5.69 Å². The van der Waals surface area contributed by atoms with Gasteiger partial charge in [-0.25, -0.2) is 0 Å². The highest BCUT2D eigenvalue weighted by Gasteiger charge is 2.18. The van der Waals surface area contributed by atoms with Gasteiger partial charge in [0, 0.05) is 37.6 Å². The third-order valence-corrected chi connectivity index (χ3v) is 3.84. The molecule has 1 heterocycles. The number of para-hydroxylation sites is 2. The zero-order chi connectivity index (χ0) is 14.9. The van der Waals surface area contributed by atoms with Crippen LogP contribution in [0.1, 0.15) is 12.8 Å². The van der Waals surface area contributed by atoms with E-state index in [0.717, 1.165) is 51.3 Å². The van der Waals surface area contributed by atoms with Crippen molar-refractivity contribution >= 4 is 5.69 Å². The third kappa shape index (κ3) is 4.55. The van der Waals surface area contributed by atoms with Crippen LogP contribution in [0, 0.1) is 0 Å². The highest BCUT2D eigenvalue weighted by molar-refractivity contribution is 5.58. The van der Waals surface area contributed by atoms with Crippen molar-refractivity contribution in [2.75, 3.05) is 51.3 Å². The molecule has 0 unspecified atom stereocenters. The molecule has 0 amide bonds. The Kier molecular flexibility index (Phi) is 6.19. The van der Waals surface area contributed by atoms with Gasteiger partial charge < -0.3 is 9.64 Å². The molecule has 21 heavy (non-hydrogen) atoms. The average Bonchev–Trinajstić information content (AvgIpc) is 2.55. The lowest BCUT2D eigenvalue weighted by Crippen LogP contribution is -2.46. The lowest BCUT2D eigenvalue weighted by molar-refractivity contribution is 0.252. The average molecular weight is 289 g/mol. The number of nitrogens with zero attached hydrogens (tertiary/aromatic N) is 5. The Balaban J connectivity index is 1.76. The molecule has 114 valence electrons. The number of benzene rings is 1. The third-order valence-electron chi connectivity index (χ3n) is 3.84. The minimum absolute atomic E-state index is 0.609. The summed E-state index contributed by atoms with van der Waals surface area (Å²) in [7, 11) is 1.72. The molecule has 0 bridgehead atoms. The summed E-state index contributed by atoms with van der Waals surface area (Å²) >= 11 is 0. The summed E-state index contributed by atoms with van der Waals surface area (Å²) in [6, 6.07) is 8.19. The number of hydrogen-bond acceptors (Lipinski definition) is 4. The van der Waals surface area contributed by atoms with Crippen molar-refractivity contribution in [1.29, 1.82) is 0 Å². The van der Waals surface area contributed by atoms with Crippen LogP contribution in [0.25, 0.3) is 10.4 Å². The van der Waals surface area contributed by atoms with E-state index in [1.807, 2.05) is 12.1 Å². The molecule has 1 aliphatic heterocycles. The molecule has 1 fully saturated rings. The fraction of sp³-hybridized carbons (Fsp3) is 0.600. The van der Waals surface area contributed by atoms with Crippen molar-refractivity contribution in [3.63, 3.8) is 0 Å². The fourth-order valence-electron chi connectivity index (χ4n) is 2.67. The molecule has 0 N–H and O–H groups in total. The molecule has 1 saturated heterocycles. The number of piperazine rings is 1. The number of anilines is 1. The van der Waals surface area contributed by atoms with Crippen molar-refractivity contribution in [3.8, 4) is 5.75 Å². The summed E-state index contributed by atoms with van der Waals surface area (Å²) in [5, 5.41) is 3.57. The van der Waals surface area contributed by atoms with Gasteiger partial charge in [-0.3, -0.25) is 4.90 Å². The molecule has 1 aromatic carbocycles. The van der Waals surface area contributed by atoms with Crippen LogP contribution < -0.4 is 9.64 Å². The number of methoxy groups -OCH3 is 1. The van der Waals surface area contributed by atoms with E-state index in [-0.39, 0.29) is 0 Å². The van der Waals surface area contributed by atoms with Gasteiger partial charge in [-0.05, 0) is 37.1 Å². The minimum atomic E-state index is 0.609. The van der Waals surface area contributed by atoms with E-state index in [0.29, 0.717) is 6.54 Å². The number of rotatable bonds is 7. The maximum atomic E-state index is 8.23. The molecule has 0 saturated carbocycles. The van der Waals surface area contributed by atoms with Gasteiger partial charge in [0.05, 0.1) is 12.8 Å². The van der Waals surface area contributed by atoms with Crippen LogP contribution >= 0.6 is 0 Å². The van der Waals surface area contributed by atoms with Gasteiger partial charge in [-0.1, -0.05) is 17.2 Å². The van der Waals surface area contributed by atoms with Crippen LogP contribution in [-0.2, 0) is 0 Å². The Bertz CT molecular complexity index is 479. The van der Waals surface area contributed by atoms with Crippen molar-refractivity contribution in [2.45, 2.75) is 12.8 Å². The van der Waals surface area contributed by atoms with E-state index in [1.54, 1.807) is 7.11 Å². The standard InChI is InChI=1S/C15H23N5O/c1-21-15-7-3-2-6-14(15)20-12-10-19(11-13-20)9-5-4-8-17-18-16/h2-3,6-7H,4-5,8-13H2,1H3. The molecular weight excluding hydrogens is 266 g/mol. The minimum Gasteiger partial charge on any atom is -0.495 e. The second-order valence-corrected chi connectivity index (χ2v) is 5.16. The molecule has 6 nitrogen and oxygen atoms in total. The fourth-order valence-corrected chi connectivity index (χ4v) is 2.67. The number of hydrogen-bond donors (Lipinski definition) is 0. The summed E-state index contributed by atoms with van der Waals surface area (Å²) in [5.74, 6) is 0.945. The zero-order valence-electron chi connectivity index (χ0n) is 12.6. The monoisotopic (exact) mass is 289 g/mol. The van der Waals surface area contributed by atoms with E-state index in [1.165, 1.54) is 5.69 Å². The second-order valence-electron chi connectivity index (χ2n) is 5.16. The van der Waals surface area contributed by atoms with Crippen LogP contribution in [0.5, 0.6) is 5.75 Å². The summed E-state index contributed by atoms with van der Waals surface area (Å²) in [6.07, 6.45) is 2.06. The normalized spacial score (nSPS) is 15.6. The largest absolute Gasteiger partial charge is 0.495 e. The molecule has 2 rings (SSSR count). The summed E-state index contributed by atoms with van der Waals surface area (Å²) in [4.78, 5) is 7.63. The lowest BCUT2D eigenvalue weighted by Gasteiger charge is -2.36. The van der Waals surface area contributed by atoms with Crippen molar-refractivity contribution in [3.05, 3.63) is 34.7 Å². The lowest BCUT2D eigenvalue weighted by atomic mass is 10.2. The van der Waals surface area contributed by atoms with Gasteiger partial charge in [0.15, 0.2) is 0 Å². The van der Waals surface area contributed by atoms with Gasteiger partial charge in [0.2, 0.25) is 0 Å². The molecule has 0 spiro atoms. The van der Waals surface area contributed by atoms with Crippen LogP contribution in [0.15, 0.2) is 29.4 Å². The maximum Gasteiger partial charge on any atom is 0.142 e. The zero-order valence-corrected chi connectivity index (χ0v) is 12.6. The van der Waals surface area contributed by atoms with Crippen LogP contribution in [-0.4, -0.2) is 51.3 Å². The molecule has 0 radical (unpaired) electrons. The first-order valence-electron chi connectivity index (χ1n) is 7.46. The van der Waals surface area contributed by atoms with E-state index in [2.05, 4.69) is 32.0 Å². The highest BCUT2D eigenvalue weighted by atomic mass is 16.5. The Morgan fingerprint density at radius 3 is 2.67 bits per heavy atom. The molecule has 0 aromatic heterocycles. The van der Waals surface area contributed by atoms with E-state index in [4.69, 9.17) is 10.3 Å². The first-order valence-corrected chi connectivity index (χ1v) is 7.46. The predicted octanol–water partition coefficient (Wildman–Crippen LogP) is 2.91. The molecule has 6 heteroatoms. The van der Waals surface area contributed by atoms with Gasteiger partial charge in [-0.2, -0.15) is 0 Å². The Labute approximate surface area is 125 Å². The highest BCUT2D eigenvalue weighted by Crippen LogP contribution is 2.28. The summed E-state index contributed by atoms with van der Waals surface area (Å²) < 4.78 is 5.43. The van der Waals surface area contributed by atoms with Crippen LogP contribution in [0.2, 0.25) is 0 Å². The number of azide groups is 1. The molecular formula is C15H23N5O. The van der Waals surface area contributed by atoms with Gasteiger partial charge in [0.25, 0.3) is 0 Å². The molecule has 0 aliphatic carbocycles. The SMILES string of the molecule is COc1ccccc1N1CCN(CCCCN=[N+]=[N-])CC1. The van der Waals surface area contributed by atoms with Gasteiger partial charge >= 0.3 is 0 Å². The van der Waals surface area contributed by atoms with Crippen LogP contribution in [0.3, 0.4) is 0 Å². The quantitative estimate of drug-likeness (QED) is 0.335.